The summed E-state index contributed by atoms with van der Waals surface area (Å²) >= 11 is 0. The molecule has 6 heteroatoms. The van der Waals surface area contributed by atoms with Crippen molar-refractivity contribution in [3.8, 4) is 5.75 Å². The van der Waals surface area contributed by atoms with Crippen molar-refractivity contribution in [2.75, 3.05) is 27.3 Å². The number of carbonyl (C=O) groups excluding carboxylic acids is 2. The molecule has 0 aromatic heterocycles. The highest BCUT2D eigenvalue weighted by Crippen LogP contribution is 2.33. The molecule has 1 aromatic carbocycles. The van der Waals surface area contributed by atoms with Gasteiger partial charge in [0, 0.05) is 27.1 Å². The van der Waals surface area contributed by atoms with Gasteiger partial charge in [-0.05, 0) is 30.5 Å². The maximum Gasteiger partial charge on any atom is 0.225 e. The molecule has 1 fully saturated rings. The fourth-order valence-electron chi connectivity index (χ4n) is 3.38. The van der Waals surface area contributed by atoms with E-state index in [1.165, 1.54) is 6.92 Å². The normalized spacial score (nSPS) is 20.1. The molecule has 0 saturated carbocycles. The Labute approximate surface area is 143 Å². The van der Waals surface area contributed by atoms with Crippen LogP contribution in [-0.2, 0) is 16.1 Å². The lowest BCUT2D eigenvalue weighted by molar-refractivity contribution is -0.140. The third-order valence-corrected chi connectivity index (χ3v) is 4.73. The molecule has 6 nitrogen and oxygen atoms in total. The number of hydrogen-bond acceptors (Lipinski definition) is 4. The second kappa shape index (κ2) is 7.66. The van der Waals surface area contributed by atoms with E-state index in [1.54, 1.807) is 24.0 Å². The lowest BCUT2D eigenvalue weighted by Crippen LogP contribution is -2.52. The number of rotatable bonds is 6. The maximum atomic E-state index is 12.6. The van der Waals surface area contributed by atoms with Crippen LogP contribution in [0.2, 0.25) is 0 Å². The second-order valence-corrected chi connectivity index (χ2v) is 6.43. The summed E-state index contributed by atoms with van der Waals surface area (Å²) in [5.41, 5.74) is 0.212. The average molecular weight is 334 g/mol. The van der Waals surface area contributed by atoms with Crippen LogP contribution in [0, 0.1) is 0 Å². The fourth-order valence-corrected chi connectivity index (χ4v) is 3.38. The number of benzene rings is 1. The van der Waals surface area contributed by atoms with Crippen LogP contribution in [0.3, 0.4) is 0 Å². The van der Waals surface area contributed by atoms with E-state index in [1.807, 2.05) is 24.3 Å². The van der Waals surface area contributed by atoms with E-state index in [2.05, 4.69) is 0 Å². The van der Waals surface area contributed by atoms with E-state index in [0.717, 1.165) is 17.7 Å². The third-order valence-electron chi connectivity index (χ3n) is 4.73. The summed E-state index contributed by atoms with van der Waals surface area (Å²) in [6, 6.07) is 7.57. The highest BCUT2D eigenvalue weighted by atomic mass is 16.5. The van der Waals surface area contributed by atoms with E-state index in [0.29, 0.717) is 19.5 Å². The minimum Gasteiger partial charge on any atom is -0.497 e. The summed E-state index contributed by atoms with van der Waals surface area (Å²) in [5, 5.41) is 9.84. The minimum atomic E-state index is -0.758. The van der Waals surface area contributed by atoms with E-state index in [9.17, 15) is 14.7 Å². The van der Waals surface area contributed by atoms with Gasteiger partial charge in [-0.15, -0.1) is 0 Å². The fraction of sp³-hybridized carbons (Fsp3) is 0.556. The number of ether oxygens (including phenoxy) is 1. The van der Waals surface area contributed by atoms with Crippen molar-refractivity contribution in [1.82, 2.24) is 9.80 Å². The van der Waals surface area contributed by atoms with Gasteiger partial charge < -0.3 is 19.6 Å². The maximum absolute atomic E-state index is 12.6. The largest absolute Gasteiger partial charge is 0.497 e. The molecule has 0 spiro atoms. The molecule has 1 aliphatic rings. The molecule has 2 amide bonds. The Bertz CT molecular complexity index is 604. The molecule has 0 unspecified atom stereocenters. The first kappa shape index (κ1) is 18.3. The lowest BCUT2D eigenvalue weighted by atomic mass is 9.92. The zero-order chi connectivity index (χ0) is 17.7. The first-order valence-electron chi connectivity index (χ1n) is 8.18. The van der Waals surface area contributed by atoms with Gasteiger partial charge in [0.15, 0.2) is 0 Å². The van der Waals surface area contributed by atoms with Gasteiger partial charge in [-0.3, -0.25) is 9.59 Å². The number of aliphatic hydroxyl groups is 1. The smallest absolute Gasteiger partial charge is 0.225 e. The summed E-state index contributed by atoms with van der Waals surface area (Å²) in [6.45, 7) is 2.35. The lowest BCUT2D eigenvalue weighted by Gasteiger charge is -2.37. The monoisotopic (exact) mass is 334 g/mol. The van der Waals surface area contributed by atoms with Crippen molar-refractivity contribution in [3.05, 3.63) is 29.8 Å². The molecule has 24 heavy (non-hydrogen) atoms. The van der Waals surface area contributed by atoms with Crippen LogP contribution >= 0.6 is 0 Å². The predicted molar refractivity (Wildman–Crippen MR) is 90.5 cm³/mol. The number of aliphatic hydroxyl groups excluding tert-OH is 1. The first-order valence-corrected chi connectivity index (χ1v) is 8.18. The van der Waals surface area contributed by atoms with E-state index < -0.39 is 5.54 Å². The molecule has 1 aliphatic heterocycles. The van der Waals surface area contributed by atoms with Crippen molar-refractivity contribution >= 4 is 11.8 Å². The minimum absolute atomic E-state index is 0.0833. The Morgan fingerprint density at radius 3 is 2.79 bits per heavy atom. The highest BCUT2D eigenvalue weighted by molar-refractivity contribution is 5.80. The van der Waals surface area contributed by atoms with E-state index in [4.69, 9.17) is 4.74 Å². The number of amides is 2. The van der Waals surface area contributed by atoms with Crippen molar-refractivity contribution in [1.29, 1.82) is 0 Å². The molecular formula is C18H26N2O4. The van der Waals surface area contributed by atoms with Gasteiger partial charge in [-0.25, -0.2) is 0 Å². The molecule has 1 heterocycles. The van der Waals surface area contributed by atoms with E-state index >= 15 is 0 Å². The highest BCUT2D eigenvalue weighted by Gasteiger charge is 2.44. The number of methoxy groups -OCH3 is 1. The number of hydrogen-bond donors (Lipinski definition) is 1. The molecule has 132 valence electrons. The van der Waals surface area contributed by atoms with Crippen LogP contribution in [0.25, 0.3) is 0 Å². The van der Waals surface area contributed by atoms with Gasteiger partial charge in [-0.1, -0.05) is 12.1 Å². The number of nitrogens with zero attached hydrogens (tertiary/aromatic N) is 2. The summed E-state index contributed by atoms with van der Waals surface area (Å²) in [4.78, 5) is 27.7. The van der Waals surface area contributed by atoms with Crippen LogP contribution < -0.4 is 4.74 Å². The molecule has 1 aromatic rings. The van der Waals surface area contributed by atoms with Crippen molar-refractivity contribution in [2.45, 2.75) is 38.3 Å². The van der Waals surface area contributed by atoms with Crippen LogP contribution in [0.15, 0.2) is 24.3 Å². The standard InChI is InChI=1S/C18H26N2O4/c1-14(22)20-9-5-8-18(20,13-21)11-17(23)19(2)12-15-6-4-7-16(10-15)24-3/h4,6-7,10,21H,5,8-9,11-13H2,1-3H3/t18-/m0/s1. The first-order chi connectivity index (χ1) is 11.4. The van der Waals surface area contributed by atoms with Crippen LogP contribution in [0.4, 0.5) is 0 Å². The zero-order valence-corrected chi connectivity index (χ0v) is 14.6. The molecular weight excluding hydrogens is 308 g/mol. The molecule has 0 aliphatic carbocycles. The second-order valence-electron chi connectivity index (χ2n) is 6.43. The van der Waals surface area contributed by atoms with Gasteiger partial charge in [0.25, 0.3) is 0 Å². The van der Waals surface area contributed by atoms with Gasteiger partial charge in [-0.2, -0.15) is 0 Å². The molecule has 1 atom stereocenters. The van der Waals surface area contributed by atoms with Crippen LogP contribution in [0.1, 0.15) is 31.7 Å². The summed E-state index contributed by atoms with van der Waals surface area (Å²) < 4.78 is 5.20. The molecule has 0 radical (unpaired) electrons. The van der Waals surface area contributed by atoms with Crippen molar-refractivity contribution in [3.63, 3.8) is 0 Å². The number of likely N-dealkylation sites (tertiary alicyclic amines) is 1. The third kappa shape index (κ3) is 3.87. The quantitative estimate of drug-likeness (QED) is 0.854. The molecule has 1 N–H and O–H groups in total. The van der Waals surface area contributed by atoms with Crippen LogP contribution in [-0.4, -0.2) is 59.6 Å². The van der Waals surface area contributed by atoms with Gasteiger partial charge in [0.1, 0.15) is 5.75 Å². The van der Waals surface area contributed by atoms with Crippen molar-refractivity contribution in [2.24, 2.45) is 0 Å². The van der Waals surface area contributed by atoms with Crippen LogP contribution in [0.5, 0.6) is 5.75 Å². The Kier molecular flexibility index (Phi) is 5.83. The summed E-state index contributed by atoms with van der Waals surface area (Å²) in [5.74, 6) is 0.573. The predicted octanol–water partition coefficient (Wildman–Crippen LogP) is 1.42. The van der Waals surface area contributed by atoms with Gasteiger partial charge in [0.05, 0.1) is 25.7 Å². The van der Waals surface area contributed by atoms with Gasteiger partial charge in [0.2, 0.25) is 11.8 Å². The zero-order valence-electron chi connectivity index (χ0n) is 14.6. The average Bonchev–Trinajstić information content (AvgIpc) is 2.99. The van der Waals surface area contributed by atoms with Gasteiger partial charge >= 0.3 is 0 Å². The molecule has 0 bridgehead atoms. The Hall–Kier alpha value is -2.08. The summed E-state index contributed by atoms with van der Waals surface area (Å²) in [6.07, 6.45) is 1.61. The Balaban J connectivity index is 2.05. The summed E-state index contributed by atoms with van der Waals surface area (Å²) in [7, 11) is 3.34. The Morgan fingerprint density at radius 2 is 2.17 bits per heavy atom. The number of carbonyl (C=O) groups is 2. The van der Waals surface area contributed by atoms with E-state index in [-0.39, 0.29) is 24.8 Å². The SMILES string of the molecule is COc1cccc(CN(C)C(=O)C[C@]2(CO)CCCN2C(C)=O)c1. The molecule has 2 rings (SSSR count). The molecule has 1 saturated heterocycles. The Morgan fingerprint density at radius 1 is 1.42 bits per heavy atom. The van der Waals surface area contributed by atoms with Crippen molar-refractivity contribution < 1.29 is 19.4 Å². The topological polar surface area (TPSA) is 70.1 Å².